The summed E-state index contributed by atoms with van der Waals surface area (Å²) in [6, 6.07) is 9.67. The van der Waals surface area contributed by atoms with Crippen LogP contribution < -0.4 is 0 Å². The number of nitrogens with one attached hydrogen (secondary N) is 1. The minimum atomic E-state index is 0.303. The smallest absolute Gasteiger partial charge is 0.195 e. The number of aromatic nitrogens is 3. The van der Waals surface area contributed by atoms with Crippen LogP contribution in [0.25, 0.3) is 0 Å². The number of H-pyrrole nitrogens is 1. The van der Waals surface area contributed by atoms with Crippen LogP contribution in [0, 0.1) is 16.1 Å². The lowest BCUT2D eigenvalue weighted by molar-refractivity contribution is 0.664. The van der Waals surface area contributed by atoms with E-state index in [9.17, 15) is 0 Å². The first-order chi connectivity index (χ1) is 8.61. The molecule has 1 aromatic heterocycles. The fourth-order valence-corrected chi connectivity index (χ4v) is 2.05. The zero-order valence-electron chi connectivity index (χ0n) is 10.3. The number of nitrogens with zero attached hydrogens (tertiary/aromatic N) is 3. The van der Waals surface area contributed by atoms with Gasteiger partial charge < -0.3 is 0 Å². The number of hydrogen-bond donors (Lipinski definition) is 1. The van der Waals surface area contributed by atoms with E-state index in [1.807, 2.05) is 22.8 Å². The SMILES string of the molecule is CC(C)c1n[nH]c(=S)n1Cc1cccc(C#N)c1. The van der Waals surface area contributed by atoms with Crippen LogP contribution in [-0.2, 0) is 6.54 Å². The van der Waals surface area contributed by atoms with E-state index in [0.29, 0.717) is 22.8 Å². The molecule has 0 amide bonds. The molecule has 0 aliphatic carbocycles. The molecule has 2 rings (SSSR count). The Labute approximate surface area is 111 Å². The lowest BCUT2D eigenvalue weighted by atomic mass is 10.1. The van der Waals surface area contributed by atoms with Crippen molar-refractivity contribution in [2.45, 2.75) is 26.3 Å². The van der Waals surface area contributed by atoms with Crippen molar-refractivity contribution in [2.75, 3.05) is 0 Å². The standard InChI is InChI=1S/C13H14N4S/c1-9(2)12-15-16-13(18)17(12)8-11-5-3-4-10(6-11)7-14/h3-6,9H,8H2,1-2H3,(H,16,18). The summed E-state index contributed by atoms with van der Waals surface area (Å²) < 4.78 is 2.58. The van der Waals surface area contributed by atoms with Crippen molar-refractivity contribution in [3.05, 3.63) is 46.0 Å². The zero-order valence-corrected chi connectivity index (χ0v) is 11.2. The van der Waals surface area contributed by atoms with Gasteiger partial charge in [0.15, 0.2) is 4.77 Å². The molecule has 5 heteroatoms. The van der Waals surface area contributed by atoms with Gasteiger partial charge in [0.1, 0.15) is 5.82 Å². The van der Waals surface area contributed by atoms with Crippen molar-refractivity contribution in [3.63, 3.8) is 0 Å². The average molecular weight is 258 g/mol. The Hall–Kier alpha value is -1.93. The van der Waals surface area contributed by atoms with Crippen molar-refractivity contribution in [3.8, 4) is 6.07 Å². The maximum Gasteiger partial charge on any atom is 0.195 e. The van der Waals surface area contributed by atoms with Crippen molar-refractivity contribution in [1.29, 1.82) is 5.26 Å². The van der Waals surface area contributed by atoms with Crippen LogP contribution in [0.1, 0.15) is 36.7 Å². The second-order valence-electron chi connectivity index (χ2n) is 4.44. The second kappa shape index (κ2) is 5.15. The topological polar surface area (TPSA) is 57.4 Å². The van der Waals surface area contributed by atoms with E-state index in [0.717, 1.165) is 11.4 Å². The predicted octanol–water partition coefficient (Wildman–Crippen LogP) is 2.98. The van der Waals surface area contributed by atoms with Gasteiger partial charge in [0.25, 0.3) is 0 Å². The molecule has 0 atom stereocenters. The molecule has 0 saturated carbocycles. The quantitative estimate of drug-likeness (QED) is 0.861. The number of hydrogen-bond acceptors (Lipinski definition) is 3. The molecule has 0 fully saturated rings. The second-order valence-corrected chi connectivity index (χ2v) is 4.83. The van der Waals surface area contributed by atoms with Crippen molar-refractivity contribution >= 4 is 12.2 Å². The highest BCUT2D eigenvalue weighted by Crippen LogP contribution is 2.14. The molecular formula is C13H14N4S. The van der Waals surface area contributed by atoms with Gasteiger partial charge in [-0.05, 0) is 29.9 Å². The Morgan fingerprint density at radius 1 is 1.50 bits per heavy atom. The molecule has 18 heavy (non-hydrogen) atoms. The van der Waals surface area contributed by atoms with E-state index in [1.165, 1.54) is 0 Å². The first-order valence-electron chi connectivity index (χ1n) is 5.76. The lowest BCUT2D eigenvalue weighted by Crippen LogP contribution is -2.07. The first-order valence-corrected chi connectivity index (χ1v) is 6.16. The van der Waals surface area contributed by atoms with E-state index in [2.05, 4.69) is 30.1 Å². The highest BCUT2D eigenvalue weighted by atomic mass is 32.1. The van der Waals surface area contributed by atoms with E-state index in [1.54, 1.807) is 6.07 Å². The van der Waals surface area contributed by atoms with Gasteiger partial charge in [-0.15, -0.1) is 0 Å². The third-order valence-electron chi connectivity index (χ3n) is 2.70. The Balaban J connectivity index is 2.37. The van der Waals surface area contributed by atoms with Crippen LogP contribution in [0.15, 0.2) is 24.3 Å². The van der Waals surface area contributed by atoms with Gasteiger partial charge in [-0.25, -0.2) is 0 Å². The van der Waals surface area contributed by atoms with Crippen LogP contribution in [-0.4, -0.2) is 14.8 Å². The summed E-state index contributed by atoms with van der Waals surface area (Å²) in [7, 11) is 0. The van der Waals surface area contributed by atoms with Gasteiger partial charge >= 0.3 is 0 Å². The van der Waals surface area contributed by atoms with E-state index < -0.39 is 0 Å². The van der Waals surface area contributed by atoms with Gasteiger partial charge in [0, 0.05) is 5.92 Å². The van der Waals surface area contributed by atoms with Gasteiger partial charge in [0.05, 0.1) is 18.2 Å². The molecule has 0 bridgehead atoms. The van der Waals surface area contributed by atoms with Gasteiger partial charge in [-0.2, -0.15) is 10.4 Å². The molecule has 0 radical (unpaired) electrons. The number of rotatable bonds is 3. The summed E-state index contributed by atoms with van der Waals surface area (Å²) in [4.78, 5) is 0. The van der Waals surface area contributed by atoms with Gasteiger partial charge in [-0.3, -0.25) is 9.67 Å². The van der Waals surface area contributed by atoms with Crippen molar-refractivity contribution in [2.24, 2.45) is 0 Å². The van der Waals surface area contributed by atoms with E-state index >= 15 is 0 Å². The lowest BCUT2D eigenvalue weighted by Gasteiger charge is -2.09. The van der Waals surface area contributed by atoms with Gasteiger partial charge in [-0.1, -0.05) is 26.0 Å². The minimum Gasteiger partial charge on any atom is -0.299 e. The summed E-state index contributed by atoms with van der Waals surface area (Å²) in [6.45, 7) is 4.79. The van der Waals surface area contributed by atoms with Crippen molar-refractivity contribution < 1.29 is 0 Å². The molecule has 0 aliphatic rings. The molecule has 92 valence electrons. The fourth-order valence-electron chi connectivity index (χ4n) is 1.85. The highest BCUT2D eigenvalue weighted by molar-refractivity contribution is 7.71. The minimum absolute atomic E-state index is 0.303. The third-order valence-corrected chi connectivity index (χ3v) is 3.01. The van der Waals surface area contributed by atoms with Crippen molar-refractivity contribution in [1.82, 2.24) is 14.8 Å². The molecule has 0 aliphatic heterocycles. The number of aromatic amines is 1. The average Bonchev–Trinajstić information content (AvgIpc) is 2.71. The van der Waals surface area contributed by atoms with Crippen LogP contribution >= 0.6 is 12.2 Å². The monoisotopic (exact) mass is 258 g/mol. The molecule has 0 spiro atoms. The Morgan fingerprint density at radius 3 is 2.94 bits per heavy atom. The molecule has 0 unspecified atom stereocenters. The van der Waals surface area contributed by atoms with E-state index in [4.69, 9.17) is 17.5 Å². The van der Waals surface area contributed by atoms with Gasteiger partial charge in [0.2, 0.25) is 0 Å². The highest BCUT2D eigenvalue weighted by Gasteiger charge is 2.10. The summed E-state index contributed by atoms with van der Waals surface area (Å²) >= 11 is 5.23. The summed E-state index contributed by atoms with van der Waals surface area (Å²) in [5.41, 5.74) is 1.71. The molecule has 4 nitrogen and oxygen atoms in total. The Kier molecular flexibility index (Phi) is 3.58. The predicted molar refractivity (Wildman–Crippen MR) is 71.8 cm³/mol. The molecule has 1 aromatic carbocycles. The Morgan fingerprint density at radius 2 is 2.28 bits per heavy atom. The molecule has 0 saturated heterocycles. The molecule has 1 heterocycles. The number of benzene rings is 1. The van der Waals surface area contributed by atoms with Crippen LogP contribution in [0.2, 0.25) is 0 Å². The zero-order chi connectivity index (χ0) is 13.1. The molecule has 1 N–H and O–H groups in total. The normalized spacial score (nSPS) is 10.6. The largest absolute Gasteiger partial charge is 0.299 e. The fraction of sp³-hybridized carbons (Fsp3) is 0.308. The van der Waals surface area contributed by atoms with Crippen LogP contribution in [0.4, 0.5) is 0 Å². The van der Waals surface area contributed by atoms with Crippen LogP contribution in [0.3, 0.4) is 0 Å². The van der Waals surface area contributed by atoms with E-state index in [-0.39, 0.29) is 0 Å². The summed E-state index contributed by atoms with van der Waals surface area (Å²) in [5, 5.41) is 15.9. The summed E-state index contributed by atoms with van der Waals surface area (Å²) in [6.07, 6.45) is 0. The maximum absolute atomic E-state index is 8.89. The molecular weight excluding hydrogens is 244 g/mol. The Bertz CT molecular complexity index is 645. The third kappa shape index (κ3) is 2.49. The number of nitriles is 1. The maximum atomic E-state index is 8.89. The molecule has 2 aromatic rings. The first kappa shape index (κ1) is 12.5. The summed E-state index contributed by atoms with van der Waals surface area (Å²) in [5.74, 6) is 1.24. The van der Waals surface area contributed by atoms with Crippen LogP contribution in [0.5, 0.6) is 0 Å².